The van der Waals surface area contributed by atoms with Gasteiger partial charge in [-0.3, -0.25) is 9.78 Å². The van der Waals surface area contributed by atoms with Crippen molar-refractivity contribution in [2.75, 3.05) is 12.4 Å². The van der Waals surface area contributed by atoms with Crippen LogP contribution in [-0.4, -0.2) is 17.1 Å². The van der Waals surface area contributed by atoms with E-state index in [9.17, 15) is 10.1 Å². The fourth-order valence-corrected chi connectivity index (χ4v) is 2.68. The maximum absolute atomic E-state index is 12.3. The van der Waals surface area contributed by atoms with E-state index in [-0.39, 0.29) is 11.5 Å². The Balaban J connectivity index is 1.98. The number of benzene rings is 2. The van der Waals surface area contributed by atoms with Crippen LogP contribution in [0.25, 0.3) is 11.3 Å². The van der Waals surface area contributed by atoms with Crippen LogP contribution in [0.5, 0.6) is 5.75 Å². The van der Waals surface area contributed by atoms with Gasteiger partial charge in [-0.2, -0.15) is 5.26 Å². The van der Waals surface area contributed by atoms with Crippen molar-refractivity contribution < 1.29 is 4.74 Å². The van der Waals surface area contributed by atoms with Crippen molar-refractivity contribution in [3.05, 3.63) is 70.0 Å². The molecule has 0 spiro atoms. The molecule has 136 valence electrons. The molecule has 0 amide bonds. The predicted octanol–water partition coefficient (Wildman–Crippen LogP) is 4.18. The maximum Gasteiger partial charge on any atom is 0.270 e. The SMILES string of the molecule is COc1ccc(-c2nc(Nc3ccc(C(C)C)cc3)[nH]c(=O)c2C#N)cc1. The molecular weight excluding hydrogens is 340 g/mol. The van der Waals surface area contributed by atoms with Gasteiger partial charge in [0.25, 0.3) is 5.56 Å². The van der Waals surface area contributed by atoms with E-state index in [4.69, 9.17) is 4.74 Å². The first-order valence-corrected chi connectivity index (χ1v) is 8.57. The number of aromatic nitrogens is 2. The zero-order chi connectivity index (χ0) is 19.4. The zero-order valence-corrected chi connectivity index (χ0v) is 15.4. The number of anilines is 2. The monoisotopic (exact) mass is 360 g/mol. The lowest BCUT2D eigenvalue weighted by molar-refractivity contribution is 0.415. The molecule has 2 N–H and O–H groups in total. The minimum atomic E-state index is -0.486. The summed E-state index contributed by atoms with van der Waals surface area (Å²) in [5, 5.41) is 12.5. The molecule has 0 aliphatic carbocycles. The Morgan fingerprint density at radius 3 is 2.33 bits per heavy atom. The molecule has 0 saturated heterocycles. The Hall–Kier alpha value is -3.59. The van der Waals surface area contributed by atoms with Gasteiger partial charge in [0.2, 0.25) is 5.95 Å². The van der Waals surface area contributed by atoms with Crippen molar-refractivity contribution in [3.63, 3.8) is 0 Å². The number of aromatic amines is 1. The summed E-state index contributed by atoms with van der Waals surface area (Å²) in [6, 6.07) is 16.9. The normalized spacial score (nSPS) is 10.5. The van der Waals surface area contributed by atoms with E-state index in [1.54, 1.807) is 31.4 Å². The Kier molecular flexibility index (Phi) is 5.23. The third kappa shape index (κ3) is 3.98. The molecule has 0 fully saturated rings. The van der Waals surface area contributed by atoms with Crippen LogP contribution < -0.4 is 15.6 Å². The van der Waals surface area contributed by atoms with Crippen LogP contribution in [0.3, 0.4) is 0 Å². The number of methoxy groups -OCH3 is 1. The molecule has 1 heterocycles. The van der Waals surface area contributed by atoms with E-state index in [1.165, 1.54) is 5.56 Å². The average Bonchev–Trinajstić information content (AvgIpc) is 2.68. The molecule has 0 unspecified atom stereocenters. The van der Waals surface area contributed by atoms with Crippen molar-refractivity contribution in [1.82, 2.24) is 9.97 Å². The third-order valence-electron chi connectivity index (χ3n) is 4.23. The zero-order valence-electron chi connectivity index (χ0n) is 15.4. The first-order valence-electron chi connectivity index (χ1n) is 8.57. The molecule has 0 saturated carbocycles. The molecular formula is C21H20N4O2. The standard InChI is InChI=1S/C21H20N4O2/c1-13(2)14-4-8-16(9-5-14)23-21-24-19(18(12-22)20(26)25-21)15-6-10-17(27-3)11-7-15/h4-11,13H,1-3H3,(H2,23,24,25,26). The van der Waals surface area contributed by atoms with Crippen LogP contribution in [0, 0.1) is 11.3 Å². The van der Waals surface area contributed by atoms with E-state index in [2.05, 4.69) is 29.1 Å². The van der Waals surface area contributed by atoms with Crippen LogP contribution in [0.4, 0.5) is 11.6 Å². The topological polar surface area (TPSA) is 90.8 Å². The van der Waals surface area contributed by atoms with Gasteiger partial charge in [0.05, 0.1) is 12.8 Å². The molecule has 6 heteroatoms. The van der Waals surface area contributed by atoms with Gasteiger partial charge in [0.1, 0.15) is 17.4 Å². The van der Waals surface area contributed by atoms with E-state index < -0.39 is 5.56 Å². The summed E-state index contributed by atoms with van der Waals surface area (Å²) in [7, 11) is 1.58. The van der Waals surface area contributed by atoms with Gasteiger partial charge in [-0.1, -0.05) is 26.0 Å². The predicted molar refractivity (Wildman–Crippen MR) is 105 cm³/mol. The van der Waals surface area contributed by atoms with E-state index in [1.807, 2.05) is 30.3 Å². The first-order chi connectivity index (χ1) is 13.0. The molecule has 0 bridgehead atoms. The molecule has 0 radical (unpaired) electrons. The van der Waals surface area contributed by atoms with E-state index in [0.717, 1.165) is 5.69 Å². The van der Waals surface area contributed by atoms with Gasteiger partial charge in [-0.25, -0.2) is 4.98 Å². The number of hydrogen-bond acceptors (Lipinski definition) is 5. The van der Waals surface area contributed by atoms with E-state index >= 15 is 0 Å². The van der Waals surface area contributed by atoms with Crippen LogP contribution in [0.1, 0.15) is 30.9 Å². The molecule has 0 aliphatic rings. The van der Waals surface area contributed by atoms with Gasteiger partial charge in [0, 0.05) is 11.3 Å². The highest BCUT2D eigenvalue weighted by atomic mass is 16.5. The lowest BCUT2D eigenvalue weighted by Gasteiger charge is -2.11. The highest BCUT2D eigenvalue weighted by molar-refractivity contribution is 5.68. The summed E-state index contributed by atoms with van der Waals surface area (Å²) in [6.45, 7) is 4.26. The van der Waals surface area contributed by atoms with Gasteiger partial charge in [-0.05, 0) is 47.9 Å². The van der Waals surface area contributed by atoms with Crippen molar-refractivity contribution >= 4 is 11.6 Å². The average molecular weight is 360 g/mol. The van der Waals surface area contributed by atoms with E-state index in [0.29, 0.717) is 22.9 Å². The molecule has 0 atom stereocenters. The minimum Gasteiger partial charge on any atom is -0.497 e. The number of nitriles is 1. The van der Waals surface area contributed by atoms with Crippen LogP contribution in [-0.2, 0) is 0 Å². The van der Waals surface area contributed by atoms with Crippen molar-refractivity contribution in [1.29, 1.82) is 5.26 Å². The Morgan fingerprint density at radius 2 is 1.78 bits per heavy atom. The fraction of sp³-hybridized carbons (Fsp3) is 0.190. The second-order valence-electron chi connectivity index (χ2n) is 6.38. The Bertz CT molecular complexity index is 1030. The van der Waals surface area contributed by atoms with Crippen molar-refractivity contribution in [2.45, 2.75) is 19.8 Å². The van der Waals surface area contributed by atoms with Crippen LogP contribution in [0.15, 0.2) is 53.3 Å². The van der Waals surface area contributed by atoms with Crippen LogP contribution >= 0.6 is 0 Å². The molecule has 3 aromatic rings. The molecule has 3 rings (SSSR count). The summed E-state index contributed by atoms with van der Waals surface area (Å²) < 4.78 is 5.15. The van der Waals surface area contributed by atoms with Gasteiger partial charge in [-0.15, -0.1) is 0 Å². The highest BCUT2D eigenvalue weighted by Gasteiger charge is 2.14. The lowest BCUT2D eigenvalue weighted by atomic mass is 10.0. The number of rotatable bonds is 5. The molecule has 27 heavy (non-hydrogen) atoms. The Morgan fingerprint density at radius 1 is 1.11 bits per heavy atom. The maximum atomic E-state index is 12.3. The van der Waals surface area contributed by atoms with Crippen molar-refractivity contribution in [3.8, 4) is 23.1 Å². The molecule has 6 nitrogen and oxygen atoms in total. The molecule has 2 aromatic carbocycles. The summed E-state index contributed by atoms with van der Waals surface area (Å²) in [5.41, 5.74) is 2.50. The van der Waals surface area contributed by atoms with Crippen molar-refractivity contribution in [2.24, 2.45) is 0 Å². The quantitative estimate of drug-likeness (QED) is 0.712. The number of hydrogen-bond donors (Lipinski definition) is 2. The smallest absolute Gasteiger partial charge is 0.270 e. The van der Waals surface area contributed by atoms with Gasteiger partial charge in [0.15, 0.2) is 0 Å². The largest absolute Gasteiger partial charge is 0.497 e. The van der Waals surface area contributed by atoms with Crippen LogP contribution in [0.2, 0.25) is 0 Å². The minimum absolute atomic E-state index is 0.0270. The number of nitrogens with one attached hydrogen (secondary N) is 2. The highest BCUT2D eigenvalue weighted by Crippen LogP contribution is 2.24. The number of nitrogens with zero attached hydrogens (tertiary/aromatic N) is 2. The third-order valence-corrected chi connectivity index (χ3v) is 4.23. The molecule has 0 aliphatic heterocycles. The lowest BCUT2D eigenvalue weighted by Crippen LogP contribution is -2.16. The van der Waals surface area contributed by atoms with Gasteiger partial charge < -0.3 is 10.1 Å². The fourth-order valence-electron chi connectivity index (χ4n) is 2.68. The first kappa shape index (κ1) is 18.2. The summed E-state index contributed by atoms with van der Waals surface area (Å²) >= 11 is 0. The van der Waals surface area contributed by atoms with Gasteiger partial charge >= 0.3 is 0 Å². The summed E-state index contributed by atoms with van der Waals surface area (Å²) in [4.78, 5) is 19.4. The second-order valence-corrected chi connectivity index (χ2v) is 6.38. The number of H-pyrrole nitrogens is 1. The summed E-state index contributed by atoms with van der Waals surface area (Å²) in [6.07, 6.45) is 0. The number of ether oxygens (including phenoxy) is 1. The second kappa shape index (κ2) is 7.75. The summed E-state index contributed by atoms with van der Waals surface area (Å²) in [5.74, 6) is 1.40. The Labute approximate surface area is 157 Å². The molecule has 1 aromatic heterocycles.